The summed E-state index contributed by atoms with van der Waals surface area (Å²) in [6.07, 6.45) is 1.95. The van der Waals surface area contributed by atoms with E-state index in [1.807, 2.05) is 50.2 Å². The summed E-state index contributed by atoms with van der Waals surface area (Å²) in [5.74, 6) is 0. The van der Waals surface area contributed by atoms with Crippen LogP contribution in [0.25, 0.3) is 0 Å². The van der Waals surface area contributed by atoms with Gasteiger partial charge in [0.2, 0.25) is 0 Å². The third-order valence-electron chi connectivity index (χ3n) is 3.98. The highest BCUT2D eigenvalue weighted by Gasteiger charge is 2.04. The van der Waals surface area contributed by atoms with Gasteiger partial charge in [0.05, 0.1) is 22.7 Å². The Kier molecular flexibility index (Phi) is 6.44. The molecule has 8 heteroatoms. The molecule has 7 nitrogen and oxygen atoms in total. The maximum Gasteiger partial charge on any atom is 0.251 e. The van der Waals surface area contributed by atoms with E-state index in [1.54, 1.807) is 0 Å². The average molecular weight is 392 g/mol. The highest BCUT2D eigenvalue weighted by molar-refractivity contribution is 7.14. The van der Waals surface area contributed by atoms with E-state index in [9.17, 15) is 0 Å². The van der Waals surface area contributed by atoms with Crippen LogP contribution in [0.4, 0.5) is 27.9 Å². The first-order chi connectivity index (χ1) is 13.6. The Bertz CT molecular complexity index is 1040. The molecule has 28 heavy (non-hydrogen) atoms. The summed E-state index contributed by atoms with van der Waals surface area (Å²) in [6.45, 7) is 9.57. The molecule has 0 fully saturated rings. The molecule has 2 aromatic carbocycles. The zero-order chi connectivity index (χ0) is 19.9. The molecule has 0 saturated heterocycles. The van der Waals surface area contributed by atoms with Crippen LogP contribution in [0.1, 0.15) is 29.5 Å². The molecule has 142 valence electrons. The van der Waals surface area contributed by atoms with Crippen LogP contribution in [0.5, 0.6) is 0 Å². The van der Waals surface area contributed by atoms with Crippen molar-refractivity contribution >= 4 is 45.9 Å². The number of rotatable bonds is 7. The zero-order valence-corrected chi connectivity index (χ0v) is 16.9. The Hall–Kier alpha value is -3.13. The van der Waals surface area contributed by atoms with E-state index in [2.05, 4.69) is 49.3 Å². The second kappa shape index (κ2) is 9.18. The second-order valence-electron chi connectivity index (χ2n) is 6.23. The van der Waals surface area contributed by atoms with Crippen molar-refractivity contribution in [1.29, 1.82) is 0 Å². The monoisotopic (exact) mass is 391 g/mol. The lowest BCUT2D eigenvalue weighted by atomic mass is 10.2. The van der Waals surface area contributed by atoms with Crippen molar-refractivity contribution < 1.29 is 0 Å². The van der Waals surface area contributed by atoms with Gasteiger partial charge in [-0.25, -0.2) is 0 Å². The Morgan fingerprint density at radius 1 is 0.857 bits per heavy atom. The van der Waals surface area contributed by atoms with E-state index in [0.29, 0.717) is 5.13 Å². The van der Waals surface area contributed by atoms with Crippen LogP contribution in [-0.2, 0) is 6.42 Å². The highest BCUT2D eigenvalue weighted by atomic mass is 32.1. The first-order valence-electron chi connectivity index (χ1n) is 8.93. The summed E-state index contributed by atoms with van der Waals surface area (Å²) in [7, 11) is 0. The lowest BCUT2D eigenvalue weighted by Crippen LogP contribution is -1.79. The Labute approximate surface area is 168 Å². The van der Waals surface area contributed by atoms with Gasteiger partial charge < -0.3 is 0 Å². The maximum atomic E-state index is 4.33. The van der Waals surface area contributed by atoms with Crippen LogP contribution in [0.2, 0.25) is 0 Å². The minimum atomic E-state index is 0.569. The van der Waals surface area contributed by atoms with Gasteiger partial charge in [0.25, 0.3) is 5.13 Å². The number of hydrogen-bond acceptors (Lipinski definition) is 8. The minimum Gasteiger partial charge on any atom is -0.265 e. The fraction of sp³-hybridized carbons (Fsp3) is 0.250. The van der Waals surface area contributed by atoms with E-state index in [0.717, 1.165) is 51.7 Å². The third kappa shape index (κ3) is 4.98. The van der Waals surface area contributed by atoms with Crippen LogP contribution in [0.15, 0.2) is 61.8 Å². The molecule has 0 radical (unpaired) electrons. The van der Waals surface area contributed by atoms with Crippen molar-refractivity contribution in [3.63, 3.8) is 0 Å². The van der Waals surface area contributed by atoms with Gasteiger partial charge in [0.1, 0.15) is 5.01 Å². The molecule has 1 heterocycles. The molecule has 0 aliphatic rings. The van der Waals surface area contributed by atoms with Crippen molar-refractivity contribution in [2.75, 3.05) is 0 Å². The average Bonchev–Trinajstić information content (AvgIpc) is 3.14. The van der Waals surface area contributed by atoms with Crippen molar-refractivity contribution in [1.82, 2.24) is 10.2 Å². The molecule has 0 aliphatic carbocycles. The molecular formula is C20H21N7S. The first-order valence-corrected chi connectivity index (χ1v) is 9.74. The summed E-state index contributed by atoms with van der Waals surface area (Å²) in [4.78, 5) is 3.91. The van der Waals surface area contributed by atoms with Crippen molar-refractivity contribution in [2.45, 2.75) is 33.6 Å². The molecule has 0 bridgehead atoms. The maximum absolute atomic E-state index is 4.33. The van der Waals surface area contributed by atoms with E-state index >= 15 is 0 Å². The van der Waals surface area contributed by atoms with Gasteiger partial charge in [0, 0.05) is 6.42 Å². The zero-order valence-electron chi connectivity index (χ0n) is 16.1. The minimum absolute atomic E-state index is 0.569. The van der Waals surface area contributed by atoms with Crippen molar-refractivity contribution in [3.8, 4) is 0 Å². The van der Waals surface area contributed by atoms with Gasteiger partial charge in [-0.1, -0.05) is 18.3 Å². The predicted molar refractivity (Wildman–Crippen MR) is 114 cm³/mol. The first kappa shape index (κ1) is 19.6. The van der Waals surface area contributed by atoms with Crippen LogP contribution in [0.3, 0.4) is 0 Å². The van der Waals surface area contributed by atoms with Gasteiger partial charge in [-0.05, 0) is 74.5 Å². The number of aliphatic imine (C=N–C) groups is 1. The summed E-state index contributed by atoms with van der Waals surface area (Å²) < 4.78 is 0. The smallest absolute Gasteiger partial charge is 0.251 e. The lowest BCUT2D eigenvalue weighted by molar-refractivity contribution is 0.877. The Morgan fingerprint density at radius 2 is 1.50 bits per heavy atom. The Morgan fingerprint density at radius 3 is 2.14 bits per heavy atom. The summed E-state index contributed by atoms with van der Waals surface area (Å²) in [5.41, 5.74) is 5.09. The van der Waals surface area contributed by atoms with Gasteiger partial charge in [-0.3, -0.25) is 4.99 Å². The number of aryl methyl sites for hydroxylation is 3. The topological polar surface area (TPSA) is 87.6 Å². The molecule has 3 aromatic rings. The van der Waals surface area contributed by atoms with E-state index in [-0.39, 0.29) is 0 Å². The largest absolute Gasteiger partial charge is 0.265 e. The number of aromatic nitrogens is 2. The van der Waals surface area contributed by atoms with Crippen LogP contribution in [0, 0.1) is 13.8 Å². The fourth-order valence-electron chi connectivity index (χ4n) is 2.47. The molecule has 0 aliphatic heterocycles. The second-order valence-corrected chi connectivity index (χ2v) is 7.27. The van der Waals surface area contributed by atoms with E-state index in [1.165, 1.54) is 11.3 Å². The quantitative estimate of drug-likeness (QED) is 0.313. The molecule has 0 N–H and O–H groups in total. The van der Waals surface area contributed by atoms with E-state index in [4.69, 9.17) is 0 Å². The number of nitrogens with zero attached hydrogens (tertiary/aromatic N) is 7. The van der Waals surface area contributed by atoms with Gasteiger partial charge >= 0.3 is 0 Å². The lowest BCUT2D eigenvalue weighted by Gasteiger charge is -2.01. The molecule has 0 spiro atoms. The normalized spacial score (nSPS) is 11.5. The van der Waals surface area contributed by atoms with E-state index < -0.39 is 0 Å². The number of benzene rings is 2. The van der Waals surface area contributed by atoms with Gasteiger partial charge in [-0.2, -0.15) is 10.2 Å². The molecule has 3 rings (SSSR count). The van der Waals surface area contributed by atoms with Gasteiger partial charge in [0.15, 0.2) is 0 Å². The Balaban J connectivity index is 1.72. The van der Waals surface area contributed by atoms with Crippen LogP contribution in [-0.4, -0.2) is 16.9 Å². The highest BCUT2D eigenvalue weighted by Crippen LogP contribution is 2.29. The number of azo groups is 2. The molecule has 0 unspecified atom stereocenters. The summed E-state index contributed by atoms with van der Waals surface area (Å²) in [6, 6.07) is 11.3. The predicted octanol–water partition coefficient (Wildman–Crippen LogP) is 7.27. The third-order valence-corrected chi connectivity index (χ3v) is 4.85. The molecule has 0 saturated carbocycles. The molecule has 0 amide bonds. The molecule has 0 atom stereocenters. The summed E-state index contributed by atoms with van der Waals surface area (Å²) in [5, 5.41) is 26.8. The van der Waals surface area contributed by atoms with Gasteiger partial charge in [-0.15, -0.1) is 20.4 Å². The van der Waals surface area contributed by atoms with Crippen molar-refractivity contribution in [2.24, 2.45) is 25.4 Å². The standard InChI is InChI=1S/C20H21N7S/c1-5-6-19-25-27-20(28-19)26-24-18-10-8-16(12-14(18)3)22-23-17-9-7-15(21-4)11-13(17)2/h7-12H,4-6H2,1-3H3. The fourth-order valence-corrected chi connectivity index (χ4v) is 3.23. The molecule has 1 aromatic heterocycles. The van der Waals surface area contributed by atoms with Crippen LogP contribution < -0.4 is 0 Å². The SMILES string of the molecule is C=Nc1ccc(N=Nc2ccc(N=Nc3nnc(CCC)s3)c(C)c2)c(C)c1. The molecular weight excluding hydrogens is 370 g/mol. The number of hydrogen-bond donors (Lipinski definition) is 0. The van der Waals surface area contributed by atoms with Crippen LogP contribution >= 0.6 is 11.3 Å². The summed E-state index contributed by atoms with van der Waals surface area (Å²) >= 11 is 1.47. The van der Waals surface area contributed by atoms with Crippen molar-refractivity contribution in [3.05, 3.63) is 52.5 Å².